The first-order valence-electron chi connectivity index (χ1n) is 8.69. The van der Waals surface area contributed by atoms with Crippen LogP contribution < -0.4 is 5.32 Å². The van der Waals surface area contributed by atoms with Crippen LogP contribution in [0.25, 0.3) is 10.7 Å². The molecule has 2 aromatic heterocycles. The smallest absolute Gasteiger partial charge is 0.247 e. The van der Waals surface area contributed by atoms with Gasteiger partial charge in [-0.25, -0.2) is 0 Å². The SMILES string of the molecule is CC(=O)N(C)Cc1ccccc1NC(=O)C(C)n1c(-c2cccs2)n[nH]c1=S. The molecule has 0 radical (unpaired) electrons. The lowest BCUT2D eigenvalue weighted by Gasteiger charge is -2.20. The number of amides is 2. The summed E-state index contributed by atoms with van der Waals surface area (Å²) in [5.74, 6) is 0.375. The van der Waals surface area contributed by atoms with Crippen LogP contribution >= 0.6 is 23.6 Å². The van der Waals surface area contributed by atoms with Gasteiger partial charge in [-0.1, -0.05) is 24.3 Å². The molecule has 1 unspecified atom stereocenters. The first kappa shape index (κ1) is 20.0. The number of anilines is 1. The summed E-state index contributed by atoms with van der Waals surface area (Å²) in [5.41, 5.74) is 1.52. The number of nitrogens with zero attached hydrogens (tertiary/aromatic N) is 3. The Hall–Kier alpha value is -2.78. The highest BCUT2D eigenvalue weighted by molar-refractivity contribution is 7.71. The van der Waals surface area contributed by atoms with E-state index in [4.69, 9.17) is 12.2 Å². The maximum atomic E-state index is 13.0. The molecule has 0 aliphatic heterocycles. The van der Waals surface area contributed by atoms with E-state index in [1.165, 1.54) is 18.3 Å². The second-order valence-electron chi connectivity index (χ2n) is 6.40. The number of aromatic amines is 1. The van der Waals surface area contributed by atoms with Crippen LogP contribution in [0, 0.1) is 4.77 Å². The molecule has 28 heavy (non-hydrogen) atoms. The van der Waals surface area contributed by atoms with Crippen molar-refractivity contribution in [3.8, 4) is 10.7 Å². The summed E-state index contributed by atoms with van der Waals surface area (Å²) < 4.78 is 2.09. The second kappa shape index (κ2) is 8.49. The number of benzene rings is 1. The molecule has 0 fully saturated rings. The minimum atomic E-state index is -0.568. The van der Waals surface area contributed by atoms with Gasteiger partial charge in [0.1, 0.15) is 6.04 Å². The number of hydrogen-bond acceptors (Lipinski definition) is 5. The van der Waals surface area contributed by atoms with Gasteiger partial charge in [0.25, 0.3) is 0 Å². The summed E-state index contributed by atoms with van der Waals surface area (Å²) in [4.78, 5) is 27.0. The number of aromatic nitrogens is 3. The number of H-pyrrole nitrogens is 1. The van der Waals surface area contributed by atoms with Crippen LogP contribution in [-0.4, -0.2) is 38.5 Å². The van der Waals surface area contributed by atoms with Crippen LogP contribution in [0.4, 0.5) is 5.69 Å². The van der Waals surface area contributed by atoms with E-state index < -0.39 is 6.04 Å². The van der Waals surface area contributed by atoms with E-state index in [1.54, 1.807) is 23.4 Å². The standard InChI is InChI=1S/C19H21N5O2S2/c1-12(24-17(21-22-19(24)27)16-9-6-10-28-16)18(26)20-15-8-5-4-7-14(15)11-23(3)13(2)25/h4-10,12H,11H2,1-3H3,(H,20,26)(H,22,27). The van der Waals surface area contributed by atoms with Gasteiger partial charge in [-0.2, -0.15) is 5.10 Å². The zero-order valence-corrected chi connectivity index (χ0v) is 17.4. The lowest BCUT2D eigenvalue weighted by molar-refractivity contribution is -0.128. The zero-order chi connectivity index (χ0) is 20.3. The second-order valence-corrected chi connectivity index (χ2v) is 7.73. The molecule has 0 saturated heterocycles. The topological polar surface area (TPSA) is 83.0 Å². The Kier molecular flexibility index (Phi) is 6.05. The fraction of sp³-hybridized carbons (Fsp3) is 0.263. The summed E-state index contributed by atoms with van der Waals surface area (Å²) in [6.07, 6.45) is 0. The average Bonchev–Trinajstić information content (AvgIpc) is 3.32. The van der Waals surface area contributed by atoms with Crippen molar-refractivity contribution in [2.75, 3.05) is 12.4 Å². The van der Waals surface area contributed by atoms with Crippen LogP contribution in [0.3, 0.4) is 0 Å². The molecule has 9 heteroatoms. The van der Waals surface area contributed by atoms with E-state index in [0.717, 1.165) is 10.4 Å². The predicted octanol–water partition coefficient (Wildman–Crippen LogP) is 3.85. The van der Waals surface area contributed by atoms with Crippen molar-refractivity contribution in [3.05, 3.63) is 52.1 Å². The Morgan fingerprint density at radius 3 is 2.75 bits per heavy atom. The molecule has 3 aromatic rings. The normalized spacial score (nSPS) is 11.8. The number of carbonyl (C=O) groups excluding carboxylic acids is 2. The number of para-hydroxylation sites is 1. The van der Waals surface area contributed by atoms with Gasteiger partial charge in [0.15, 0.2) is 10.6 Å². The van der Waals surface area contributed by atoms with Crippen molar-refractivity contribution < 1.29 is 9.59 Å². The molecule has 3 rings (SSSR count). The monoisotopic (exact) mass is 415 g/mol. The highest BCUT2D eigenvalue weighted by Crippen LogP contribution is 2.26. The molecule has 0 spiro atoms. The fourth-order valence-electron chi connectivity index (χ4n) is 2.75. The predicted molar refractivity (Wildman–Crippen MR) is 113 cm³/mol. The van der Waals surface area contributed by atoms with Crippen molar-refractivity contribution in [3.63, 3.8) is 0 Å². The first-order chi connectivity index (χ1) is 13.4. The van der Waals surface area contributed by atoms with E-state index >= 15 is 0 Å². The van der Waals surface area contributed by atoms with Crippen molar-refractivity contribution in [2.45, 2.75) is 26.4 Å². The molecule has 0 aliphatic carbocycles. The molecule has 2 heterocycles. The molecular weight excluding hydrogens is 394 g/mol. The third-order valence-electron chi connectivity index (χ3n) is 4.43. The highest BCUT2D eigenvalue weighted by atomic mass is 32.1. The molecule has 0 saturated carbocycles. The Morgan fingerprint density at radius 1 is 1.32 bits per heavy atom. The van der Waals surface area contributed by atoms with Gasteiger partial charge in [-0.3, -0.25) is 19.3 Å². The van der Waals surface area contributed by atoms with Gasteiger partial charge in [0.2, 0.25) is 11.8 Å². The molecule has 146 valence electrons. The Labute approximate surface area is 172 Å². The minimum absolute atomic E-state index is 0.0419. The average molecular weight is 416 g/mol. The van der Waals surface area contributed by atoms with Gasteiger partial charge >= 0.3 is 0 Å². The first-order valence-corrected chi connectivity index (χ1v) is 9.98. The van der Waals surface area contributed by atoms with E-state index in [1.807, 2.05) is 41.8 Å². The fourth-order valence-corrected chi connectivity index (χ4v) is 3.75. The van der Waals surface area contributed by atoms with Crippen molar-refractivity contribution in [1.29, 1.82) is 0 Å². The number of hydrogen-bond donors (Lipinski definition) is 2. The third-order valence-corrected chi connectivity index (χ3v) is 5.59. The Morgan fingerprint density at radius 2 is 2.07 bits per heavy atom. The summed E-state index contributed by atoms with van der Waals surface area (Å²) >= 11 is 6.87. The van der Waals surface area contributed by atoms with Gasteiger partial charge in [0, 0.05) is 26.2 Å². The van der Waals surface area contributed by atoms with Crippen LogP contribution in [-0.2, 0) is 16.1 Å². The summed E-state index contributed by atoms with van der Waals surface area (Å²) in [6.45, 7) is 3.70. The van der Waals surface area contributed by atoms with E-state index in [9.17, 15) is 9.59 Å². The maximum absolute atomic E-state index is 13.0. The lowest BCUT2D eigenvalue weighted by atomic mass is 10.1. The van der Waals surface area contributed by atoms with Gasteiger partial charge < -0.3 is 10.2 Å². The molecule has 7 nitrogen and oxygen atoms in total. The highest BCUT2D eigenvalue weighted by Gasteiger charge is 2.22. The molecule has 2 amide bonds. The van der Waals surface area contributed by atoms with Crippen LogP contribution in [0.2, 0.25) is 0 Å². The number of rotatable bonds is 6. The third kappa shape index (κ3) is 4.20. The molecule has 0 aliphatic rings. The quantitative estimate of drug-likeness (QED) is 0.599. The van der Waals surface area contributed by atoms with E-state index in [2.05, 4.69) is 15.5 Å². The summed E-state index contributed by atoms with van der Waals surface area (Å²) in [5, 5.41) is 12.0. The van der Waals surface area contributed by atoms with Crippen molar-refractivity contribution in [1.82, 2.24) is 19.7 Å². The Balaban J connectivity index is 1.84. The lowest BCUT2D eigenvalue weighted by Crippen LogP contribution is -2.27. The number of carbonyl (C=O) groups is 2. The van der Waals surface area contributed by atoms with Crippen LogP contribution in [0.1, 0.15) is 25.5 Å². The maximum Gasteiger partial charge on any atom is 0.247 e. The van der Waals surface area contributed by atoms with Crippen molar-refractivity contribution in [2.24, 2.45) is 0 Å². The molecular formula is C19H21N5O2S2. The van der Waals surface area contributed by atoms with Crippen LogP contribution in [0.5, 0.6) is 0 Å². The summed E-state index contributed by atoms with van der Waals surface area (Å²) in [6, 6.07) is 10.7. The van der Waals surface area contributed by atoms with E-state index in [-0.39, 0.29) is 11.8 Å². The Bertz CT molecular complexity index is 1040. The van der Waals surface area contributed by atoms with Crippen molar-refractivity contribution >= 4 is 41.1 Å². The molecule has 1 atom stereocenters. The van der Waals surface area contributed by atoms with Gasteiger partial charge in [-0.05, 0) is 42.2 Å². The number of thiophene rings is 1. The van der Waals surface area contributed by atoms with E-state index in [0.29, 0.717) is 22.8 Å². The molecule has 1 aromatic carbocycles. The van der Waals surface area contributed by atoms with Crippen LogP contribution in [0.15, 0.2) is 41.8 Å². The molecule has 0 bridgehead atoms. The molecule has 2 N–H and O–H groups in total. The minimum Gasteiger partial charge on any atom is -0.342 e. The zero-order valence-electron chi connectivity index (χ0n) is 15.8. The van der Waals surface area contributed by atoms with Gasteiger partial charge in [-0.15, -0.1) is 11.3 Å². The largest absolute Gasteiger partial charge is 0.342 e. The number of nitrogens with one attached hydrogen (secondary N) is 2. The van der Waals surface area contributed by atoms with Gasteiger partial charge in [0.05, 0.1) is 4.88 Å². The summed E-state index contributed by atoms with van der Waals surface area (Å²) in [7, 11) is 1.72.